The van der Waals surface area contributed by atoms with E-state index in [1.165, 1.54) is 9.80 Å². The molecule has 1 aromatic rings. The maximum Gasteiger partial charge on any atom is 0.247 e. The molecule has 7 nitrogen and oxygen atoms in total. The maximum atomic E-state index is 12.4. The predicted molar refractivity (Wildman–Crippen MR) is 77.7 cm³/mol. The third kappa shape index (κ3) is 2.66. The highest BCUT2D eigenvalue weighted by molar-refractivity contribution is 7.91. The third-order valence-electron chi connectivity index (χ3n) is 3.90. The molecule has 118 valence electrons. The fourth-order valence-electron chi connectivity index (χ4n) is 2.76. The van der Waals surface area contributed by atoms with Crippen LogP contribution in [0.2, 0.25) is 0 Å². The van der Waals surface area contributed by atoms with Crippen molar-refractivity contribution in [3.8, 4) is 5.75 Å². The van der Waals surface area contributed by atoms with Crippen molar-refractivity contribution in [3.05, 3.63) is 29.8 Å². The van der Waals surface area contributed by atoms with Crippen molar-refractivity contribution < 1.29 is 22.7 Å². The van der Waals surface area contributed by atoms with Crippen LogP contribution < -0.4 is 4.74 Å². The Balaban J connectivity index is 1.77. The highest BCUT2D eigenvalue weighted by Crippen LogP contribution is 2.23. The van der Waals surface area contributed by atoms with Gasteiger partial charge in [0.25, 0.3) is 0 Å². The summed E-state index contributed by atoms with van der Waals surface area (Å²) in [7, 11) is -1.79. The molecule has 0 saturated carbocycles. The summed E-state index contributed by atoms with van der Waals surface area (Å²) in [5, 5.41) is 0. The van der Waals surface area contributed by atoms with Gasteiger partial charge in [-0.05, 0) is 17.7 Å². The molecule has 3 rings (SSSR count). The first-order valence-corrected chi connectivity index (χ1v) is 8.63. The zero-order chi connectivity index (χ0) is 15.9. The van der Waals surface area contributed by atoms with Crippen molar-refractivity contribution in [3.63, 3.8) is 0 Å². The number of nitrogens with zero attached hydrogens (tertiary/aromatic N) is 2. The molecule has 0 aromatic heterocycles. The second-order valence-corrected chi connectivity index (χ2v) is 7.54. The second kappa shape index (κ2) is 5.28. The molecule has 1 atom stereocenters. The Morgan fingerprint density at radius 3 is 2.55 bits per heavy atom. The molecule has 0 unspecified atom stereocenters. The Hall–Kier alpha value is -2.09. The maximum absolute atomic E-state index is 12.4. The molecule has 2 heterocycles. The van der Waals surface area contributed by atoms with Gasteiger partial charge in [-0.15, -0.1) is 0 Å². The van der Waals surface area contributed by atoms with E-state index in [0.717, 1.165) is 5.56 Å². The van der Waals surface area contributed by atoms with Crippen molar-refractivity contribution in [2.75, 3.05) is 25.3 Å². The van der Waals surface area contributed by atoms with Crippen LogP contribution in [0, 0.1) is 0 Å². The van der Waals surface area contributed by atoms with Gasteiger partial charge in [0.15, 0.2) is 9.84 Å². The number of amides is 2. The molecule has 8 heteroatoms. The Kier molecular flexibility index (Phi) is 3.56. The van der Waals surface area contributed by atoms with E-state index < -0.39 is 15.9 Å². The lowest BCUT2D eigenvalue weighted by molar-refractivity contribution is -0.153. The number of methoxy groups -OCH3 is 1. The van der Waals surface area contributed by atoms with E-state index in [9.17, 15) is 18.0 Å². The summed E-state index contributed by atoms with van der Waals surface area (Å²) in [5.74, 6) is -0.552. The van der Waals surface area contributed by atoms with E-state index in [1.807, 2.05) is 12.1 Å². The zero-order valence-corrected chi connectivity index (χ0v) is 12.9. The molecular formula is C14H16N2O5S. The molecule has 0 aliphatic carbocycles. The summed E-state index contributed by atoms with van der Waals surface area (Å²) < 4.78 is 28.4. The van der Waals surface area contributed by atoms with Gasteiger partial charge in [-0.3, -0.25) is 9.59 Å². The molecule has 0 radical (unpaired) electrons. The lowest BCUT2D eigenvalue weighted by atomic mass is 10.1. The van der Waals surface area contributed by atoms with Crippen molar-refractivity contribution >= 4 is 21.7 Å². The van der Waals surface area contributed by atoms with Gasteiger partial charge in [0.1, 0.15) is 24.2 Å². The monoisotopic (exact) mass is 324 g/mol. The highest BCUT2D eigenvalue weighted by Gasteiger charge is 2.47. The fourth-order valence-corrected chi connectivity index (χ4v) is 4.42. The number of benzene rings is 1. The summed E-state index contributed by atoms with van der Waals surface area (Å²) >= 11 is 0. The van der Waals surface area contributed by atoms with Gasteiger partial charge in [-0.1, -0.05) is 12.1 Å². The Morgan fingerprint density at radius 1 is 1.23 bits per heavy atom. The summed E-state index contributed by atoms with van der Waals surface area (Å²) in [4.78, 5) is 27.0. The standard InChI is InChI=1S/C14H16N2O5S/c1-21-11-4-2-10(3-5-11)6-15-7-13(17)16-9-22(19,20)8-12(16)14(15)18/h2-5,12H,6-9H2,1H3/t12-/m0/s1. The number of hydrogen-bond acceptors (Lipinski definition) is 5. The smallest absolute Gasteiger partial charge is 0.247 e. The fraction of sp³-hybridized carbons (Fsp3) is 0.429. The third-order valence-corrected chi connectivity index (χ3v) is 5.39. The predicted octanol–water partition coefficient (Wildman–Crippen LogP) is -0.379. The van der Waals surface area contributed by atoms with Gasteiger partial charge in [0, 0.05) is 6.54 Å². The van der Waals surface area contributed by atoms with Crippen LogP contribution in [0.15, 0.2) is 24.3 Å². The van der Waals surface area contributed by atoms with Crippen LogP contribution in [-0.2, 0) is 26.0 Å². The van der Waals surface area contributed by atoms with Crippen molar-refractivity contribution in [2.45, 2.75) is 12.6 Å². The van der Waals surface area contributed by atoms with Crippen LogP contribution in [0.25, 0.3) is 0 Å². The average Bonchev–Trinajstić information content (AvgIpc) is 2.82. The second-order valence-electron chi connectivity index (χ2n) is 5.46. The number of fused-ring (bicyclic) bond motifs is 1. The quantitative estimate of drug-likeness (QED) is 0.757. The van der Waals surface area contributed by atoms with E-state index >= 15 is 0 Å². The normalized spacial score (nSPS) is 23.6. The van der Waals surface area contributed by atoms with E-state index in [0.29, 0.717) is 5.75 Å². The number of rotatable bonds is 3. The first-order chi connectivity index (χ1) is 10.4. The van der Waals surface area contributed by atoms with Crippen LogP contribution in [-0.4, -0.2) is 61.4 Å². The summed E-state index contributed by atoms with van der Waals surface area (Å²) in [6.45, 7) is 0.190. The van der Waals surface area contributed by atoms with Crippen molar-refractivity contribution in [2.24, 2.45) is 0 Å². The zero-order valence-electron chi connectivity index (χ0n) is 12.1. The number of hydrogen-bond donors (Lipinski definition) is 0. The van der Waals surface area contributed by atoms with Gasteiger partial charge >= 0.3 is 0 Å². The minimum atomic E-state index is -3.36. The van der Waals surface area contributed by atoms with Crippen molar-refractivity contribution in [1.82, 2.24) is 9.80 Å². The molecule has 2 fully saturated rings. The molecular weight excluding hydrogens is 308 g/mol. The van der Waals surface area contributed by atoms with E-state index in [1.54, 1.807) is 19.2 Å². The van der Waals surface area contributed by atoms with Gasteiger partial charge in [0.2, 0.25) is 11.8 Å². The number of sulfone groups is 1. The molecule has 0 spiro atoms. The molecule has 0 N–H and O–H groups in total. The molecule has 1 aromatic carbocycles. The van der Waals surface area contributed by atoms with Gasteiger partial charge < -0.3 is 14.5 Å². The number of carbonyl (C=O) groups excluding carboxylic acids is 2. The SMILES string of the molecule is COc1ccc(CN2CC(=O)N3CS(=O)(=O)C[C@H]3C2=O)cc1. The molecule has 2 aliphatic rings. The first-order valence-electron chi connectivity index (χ1n) is 6.81. The summed E-state index contributed by atoms with van der Waals surface area (Å²) in [6.07, 6.45) is 0. The minimum absolute atomic E-state index is 0.0864. The molecule has 2 saturated heterocycles. The van der Waals surface area contributed by atoms with Gasteiger partial charge in [0.05, 0.1) is 12.9 Å². The van der Waals surface area contributed by atoms with E-state index in [-0.39, 0.29) is 36.5 Å². The Morgan fingerprint density at radius 2 is 1.91 bits per heavy atom. The number of carbonyl (C=O) groups is 2. The van der Waals surface area contributed by atoms with E-state index in [2.05, 4.69) is 0 Å². The molecule has 2 amide bonds. The largest absolute Gasteiger partial charge is 0.497 e. The number of ether oxygens (including phenoxy) is 1. The summed E-state index contributed by atoms with van der Waals surface area (Å²) in [6, 6.07) is 6.31. The van der Waals surface area contributed by atoms with Crippen molar-refractivity contribution in [1.29, 1.82) is 0 Å². The molecule has 22 heavy (non-hydrogen) atoms. The van der Waals surface area contributed by atoms with Gasteiger partial charge in [-0.25, -0.2) is 8.42 Å². The minimum Gasteiger partial charge on any atom is -0.497 e. The Labute approximate surface area is 128 Å². The lowest BCUT2D eigenvalue weighted by Gasteiger charge is -2.35. The van der Waals surface area contributed by atoms with Crippen LogP contribution in [0.1, 0.15) is 5.56 Å². The average molecular weight is 324 g/mol. The first kappa shape index (κ1) is 14.8. The highest BCUT2D eigenvalue weighted by atomic mass is 32.2. The van der Waals surface area contributed by atoms with E-state index in [4.69, 9.17) is 4.74 Å². The molecule has 0 bridgehead atoms. The molecule has 2 aliphatic heterocycles. The van der Waals surface area contributed by atoms with Crippen LogP contribution in [0.5, 0.6) is 5.75 Å². The van der Waals surface area contributed by atoms with Crippen LogP contribution in [0.4, 0.5) is 0 Å². The van der Waals surface area contributed by atoms with Crippen LogP contribution in [0.3, 0.4) is 0 Å². The Bertz CT molecular complexity index is 713. The lowest BCUT2D eigenvalue weighted by Crippen LogP contribution is -2.57. The number of piperazine rings is 1. The van der Waals surface area contributed by atoms with Gasteiger partial charge in [-0.2, -0.15) is 0 Å². The van der Waals surface area contributed by atoms with Crippen LogP contribution >= 0.6 is 0 Å². The topological polar surface area (TPSA) is 84.0 Å². The summed E-state index contributed by atoms with van der Waals surface area (Å²) in [5.41, 5.74) is 0.858.